The molecular weight excluding hydrogens is 398 g/mol. The fraction of sp³-hybridized carbons (Fsp3) is 0.556. The molecule has 0 saturated carbocycles. The van der Waals surface area contributed by atoms with Gasteiger partial charge in [-0.15, -0.1) is 13.2 Å². The average Bonchev–Trinajstić information content (AvgIpc) is 2.55. The highest BCUT2D eigenvalue weighted by molar-refractivity contribution is 5.89. The summed E-state index contributed by atoms with van der Waals surface area (Å²) in [6, 6.07) is 2.99. The Balaban J connectivity index is 1.83. The van der Waals surface area contributed by atoms with Gasteiger partial charge in [-0.2, -0.15) is 0 Å². The summed E-state index contributed by atoms with van der Waals surface area (Å²) in [4.78, 5) is 25.3. The Morgan fingerprint density at radius 3 is 2.28 bits per heavy atom. The van der Waals surface area contributed by atoms with Crippen molar-refractivity contribution in [1.82, 2.24) is 10.2 Å². The summed E-state index contributed by atoms with van der Waals surface area (Å²) in [5, 5.41) is 4.87. The molecule has 0 aromatic heterocycles. The van der Waals surface area contributed by atoms with Gasteiger partial charge in [0.1, 0.15) is 17.5 Å². The molecule has 7 nitrogen and oxygen atoms in total. The standard InChI is InChI=1S/C18H23F4N3O4/c1-17(2,3)29-16(27)25-9-8-14(13(19)10-25)24-15(26)23-11-4-6-12(7-5-11)28-18(20,21)22/h4-7,13-14H,8-10H2,1-3H3,(H2,23,24,26)/t13-,14-/m0/s1. The quantitative estimate of drug-likeness (QED) is 0.722. The van der Waals surface area contributed by atoms with E-state index in [4.69, 9.17) is 4.74 Å². The Kier molecular flexibility index (Phi) is 6.81. The minimum atomic E-state index is -4.81. The van der Waals surface area contributed by atoms with Crippen molar-refractivity contribution in [3.05, 3.63) is 24.3 Å². The Hall–Kier alpha value is -2.72. The highest BCUT2D eigenvalue weighted by atomic mass is 19.4. The molecule has 0 spiro atoms. The summed E-state index contributed by atoms with van der Waals surface area (Å²) in [6.07, 6.45) is -6.74. The van der Waals surface area contributed by atoms with Gasteiger partial charge >= 0.3 is 18.5 Å². The van der Waals surface area contributed by atoms with Gasteiger partial charge in [0, 0.05) is 12.2 Å². The maximum atomic E-state index is 14.4. The predicted octanol–water partition coefficient (Wildman–Crippen LogP) is 4.05. The Morgan fingerprint density at radius 1 is 1.14 bits per heavy atom. The summed E-state index contributed by atoms with van der Waals surface area (Å²) < 4.78 is 59.7. The van der Waals surface area contributed by atoms with Crippen LogP contribution in [-0.4, -0.2) is 54.3 Å². The molecule has 0 aliphatic carbocycles. The molecule has 2 N–H and O–H groups in total. The van der Waals surface area contributed by atoms with E-state index in [2.05, 4.69) is 15.4 Å². The molecule has 1 heterocycles. The number of urea groups is 1. The van der Waals surface area contributed by atoms with Crippen LogP contribution in [-0.2, 0) is 4.74 Å². The number of nitrogens with zero attached hydrogens (tertiary/aromatic N) is 1. The summed E-state index contributed by atoms with van der Waals surface area (Å²) >= 11 is 0. The van der Waals surface area contributed by atoms with Crippen molar-refractivity contribution in [2.24, 2.45) is 0 Å². The van der Waals surface area contributed by atoms with Gasteiger partial charge in [0.05, 0.1) is 12.6 Å². The number of piperidine rings is 1. The number of benzene rings is 1. The lowest BCUT2D eigenvalue weighted by molar-refractivity contribution is -0.274. The van der Waals surface area contributed by atoms with Crippen LogP contribution in [0.25, 0.3) is 0 Å². The van der Waals surface area contributed by atoms with E-state index in [1.54, 1.807) is 20.8 Å². The van der Waals surface area contributed by atoms with Crippen LogP contribution >= 0.6 is 0 Å². The number of alkyl halides is 4. The van der Waals surface area contributed by atoms with E-state index in [9.17, 15) is 27.2 Å². The highest BCUT2D eigenvalue weighted by Gasteiger charge is 2.34. The van der Waals surface area contributed by atoms with Gasteiger partial charge in [-0.1, -0.05) is 0 Å². The first-order valence-corrected chi connectivity index (χ1v) is 8.88. The zero-order valence-corrected chi connectivity index (χ0v) is 16.2. The maximum absolute atomic E-state index is 14.4. The van der Waals surface area contributed by atoms with Crippen LogP contribution in [0.2, 0.25) is 0 Å². The van der Waals surface area contributed by atoms with Gasteiger partial charge in [-0.3, -0.25) is 0 Å². The van der Waals surface area contributed by atoms with Crippen LogP contribution in [0, 0.1) is 0 Å². The maximum Gasteiger partial charge on any atom is 0.573 e. The molecule has 1 fully saturated rings. The molecule has 0 bridgehead atoms. The largest absolute Gasteiger partial charge is 0.573 e. The van der Waals surface area contributed by atoms with Gasteiger partial charge in [0.15, 0.2) is 0 Å². The van der Waals surface area contributed by atoms with Crippen LogP contribution in [0.15, 0.2) is 24.3 Å². The van der Waals surface area contributed by atoms with Gasteiger partial charge in [-0.25, -0.2) is 14.0 Å². The van der Waals surface area contributed by atoms with Crippen molar-refractivity contribution in [1.29, 1.82) is 0 Å². The summed E-state index contributed by atoms with van der Waals surface area (Å²) in [6.45, 7) is 5.11. The molecule has 3 amide bonds. The van der Waals surface area contributed by atoms with Gasteiger partial charge in [0.2, 0.25) is 0 Å². The second-order valence-corrected chi connectivity index (χ2v) is 7.51. The van der Waals surface area contributed by atoms with Crippen molar-refractivity contribution in [3.63, 3.8) is 0 Å². The van der Waals surface area contributed by atoms with E-state index in [0.717, 1.165) is 12.1 Å². The molecule has 1 aliphatic rings. The fourth-order valence-corrected chi connectivity index (χ4v) is 2.64. The van der Waals surface area contributed by atoms with Crippen molar-refractivity contribution < 1.29 is 36.6 Å². The smallest absolute Gasteiger partial charge is 0.444 e. The van der Waals surface area contributed by atoms with E-state index in [0.29, 0.717) is 0 Å². The molecule has 2 atom stereocenters. The van der Waals surface area contributed by atoms with Crippen LogP contribution < -0.4 is 15.4 Å². The number of carbonyl (C=O) groups excluding carboxylic acids is 2. The molecule has 2 rings (SSSR count). The molecule has 11 heteroatoms. The zero-order valence-electron chi connectivity index (χ0n) is 16.2. The number of halogens is 4. The van der Waals surface area contributed by atoms with Crippen LogP contribution in [0.5, 0.6) is 5.75 Å². The van der Waals surface area contributed by atoms with Gasteiger partial charge < -0.3 is 25.0 Å². The molecule has 1 aliphatic heterocycles. The topological polar surface area (TPSA) is 79.9 Å². The number of amides is 3. The monoisotopic (exact) mass is 421 g/mol. The number of hydrogen-bond donors (Lipinski definition) is 2. The van der Waals surface area contributed by atoms with Gasteiger partial charge in [0.25, 0.3) is 0 Å². The van der Waals surface area contributed by atoms with Crippen LogP contribution in [0.4, 0.5) is 32.8 Å². The van der Waals surface area contributed by atoms with E-state index in [1.807, 2.05) is 0 Å². The molecular formula is C18H23F4N3O4. The lowest BCUT2D eigenvalue weighted by Crippen LogP contribution is -2.55. The summed E-state index contributed by atoms with van der Waals surface area (Å²) in [5.74, 6) is -0.429. The molecule has 29 heavy (non-hydrogen) atoms. The molecule has 1 aromatic carbocycles. The first-order valence-electron chi connectivity index (χ1n) is 8.88. The average molecular weight is 421 g/mol. The number of rotatable bonds is 3. The number of nitrogens with one attached hydrogen (secondary N) is 2. The van der Waals surface area contributed by atoms with E-state index >= 15 is 0 Å². The summed E-state index contributed by atoms with van der Waals surface area (Å²) in [7, 11) is 0. The van der Waals surface area contributed by atoms with Crippen molar-refractivity contribution in [2.45, 2.75) is 51.4 Å². The normalized spacial score (nSPS) is 20.0. The Morgan fingerprint density at radius 2 is 1.76 bits per heavy atom. The number of ether oxygens (including phenoxy) is 2. The van der Waals surface area contributed by atoms with E-state index in [-0.39, 0.29) is 25.2 Å². The Labute approximate surface area is 165 Å². The third kappa shape index (κ3) is 7.66. The minimum absolute atomic E-state index is 0.187. The second kappa shape index (κ2) is 8.75. The SMILES string of the molecule is CC(C)(C)OC(=O)N1CC[C@H](NC(=O)Nc2ccc(OC(F)(F)F)cc2)[C@@H](F)C1. The number of anilines is 1. The minimum Gasteiger partial charge on any atom is -0.444 e. The van der Waals surface area contributed by atoms with Crippen molar-refractivity contribution in [3.8, 4) is 5.75 Å². The first kappa shape index (κ1) is 22.6. The van der Waals surface area contributed by atoms with Crippen LogP contribution in [0.1, 0.15) is 27.2 Å². The fourth-order valence-electron chi connectivity index (χ4n) is 2.64. The lowest BCUT2D eigenvalue weighted by atomic mass is 10.0. The molecule has 162 valence electrons. The van der Waals surface area contributed by atoms with E-state index < -0.39 is 42.1 Å². The molecule has 1 saturated heterocycles. The number of likely N-dealkylation sites (tertiary alicyclic amines) is 1. The predicted molar refractivity (Wildman–Crippen MR) is 96.4 cm³/mol. The lowest BCUT2D eigenvalue weighted by Gasteiger charge is -2.35. The van der Waals surface area contributed by atoms with Crippen molar-refractivity contribution >= 4 is 17.8 Å². The van der Waals surface area contributed by atoms with Gasteiger partial charge in [-0.05, 0) is 51.5 Å². The molecule has 1 aromatic rings. The zero-order chi connectivity index (χ0) is 21.8. The Bertz CT molecular complexity index is 719. The first-order chi connectivity index (χ1) is 13.3. The number of hydrogen-bond acceptors (Lipinski definition) is 4. The third-order valence-electron chi connectivity index (χ3n) is 3.86. The highest BCUT2D eigenvalue weighted by Crippen LogP contribution is 2.24. The number of carbonyl (C=O) groups is 2. The van der Waals surface area contributed by atoms with Crippen LogP contribution in [0.3, 0.4) is 0 Å². The van der Waals surface area contributed by atoms with Crippen molar-refractivity contribution in [2.75, 3.05) is 18.4 Å². The molecule has 0 unspecified atom stereocenters. The molecule has 0 radical (unpaired) electrons. The second-order valence-electron chi connectivity index (χ2n) is 7.51. The van der Waals surface area contributed by atoms with E-state index in [1.165, 1.54) is 17.0 Å². The third-order valence-corrected chi connectivity index (χ3v) is 3.86. The summed E-state index contributed by atoms with van der Waals surface area (Å²) in [5.41, 5.74) is -0.489.